The van der Waals surface area contributed by atoms with Crippen LogP contribution in [-0.2, 0) is 4.79 Å². The highest BCUT2D eigenvalue weighted by atomic mass is 35.5. The maximum Gasteiger partial charge on any atom is 0.264 e. The number of hydrogen-bond acceptors (Lipinski definition) is 5. The molecule has 0 bridgehead atoms. The third kappa shape index (κ3) is 3.92. The molecule has 2 aliphatic rings. The van der Waals surface area contributed by atoms with Gasteiger partial charge < -0.3 is 14.4 Å². The van der Waals surface area contributed by atoms with Crippen molar-refractivity contribution < 1.29 is 9.32 Å². The van der Waals surface area contributed by atoms with Crippen LogP contribution in [0.3, 0.4) is 0 Å². The van der Waals surface area contributed by atoms with E-state index in [4.69, 9.17) is 16.1 Å². The van der Waals surface area contributed by atoms with Gasteiger partial charge in [0.25, 0.3) is 5.56 Å². The quantitative estimate of drug-likeness (QED) is 0.636. The van der Waals surface area contributed by atoms with Crippen molar-refractivity contribution in [3.63, 3.8) is 0 Å². The smallest absolute Gasteiger partial charge is 0.264 e. The molecule has 0 spiro atoms. The lowest BCUT2D eigenvalue weighted by atomic mass is 9.90. The fraction of sp³-hybridized carbons (Fsp3) is 0.542. The van der Waals surface area contributed by atoms with E-state index in [9.17, 15) is 9.59 Å². The second-order valence-electron chi connectivity index (χ2n) is 9.19. The van der Waals surface area contributed by atoms with Crippen LogP contribution in [0, 0.1) is 6.92 Å². The number of carbonyl (C=O) groups excluding carboxylic acids is 1. The third-order valence-corrected chi connectivity index (χ3v) is 7.29. The maximum absolute atomic E-state index is 13.6. The van der Waals surface area contributed by atoms with Crippen molar-refractivity contribution in [1.82, 2.24) is 19.9 Å². The molecule has 1 N–H and O–H groups in total. The topological polar surface area (TPSA) is 80.4 Å². The molecule has 1 aliphatic heterocycles. The Labute approximate surface area is 191 Å². The van der Waals surface area contributed by atoms with Crippen molar-refractivity contribution in [2.45, 2.75) is 64.0 Å². The number of likely N-dealkylation sites (tertiary alicyclic amines) is 1. The van der Waals surface area contributed by atoms with Crippen LogP contribution in [-0.4, -0.2) is 46.2 Å². The van der Waals surface area contributed by atoms with E-state index in [1.54, 1.807) is 6.92 Å². The largest absolute Gasteiger partial charge is 0.360 e. The van der Waals surface area contributed by atoms with Gasteiger partial charge in [-0.25, -0.2) is 0 Å². The molecule has 1 saturated heterocycles. The third-order valence-electron chi connectivity index (χ3n) is 6.98. The minimum Gasteiger partial charge on any atom is -0.360 e. The van der Waals surface area contributed by atoms with Crippen molar-refractivity contribution in [3.8, 4) is 0 Å². The summed E-state index contributed by atoms with van der Waals surface area (Å²) in [5.41, 5.74) is 1.19. The first-order valence-corrected chi connectivity index (χ1v) is 12.0. The van der Waals surface area contributed by atoms with E-state index >= 15 is 0 Å². The Morgan fingerprint density at radius 1 is 1.19 bits per heavy atom. The molecule has 2 unspecified atom stereocenters. The van der Waals surface area contributed by atoms with Crippen molar-refractivity contribution >= 4 is 39.3 Å². The van der Waals surface area contributed by atoms with Gasteiger partial charge in [0.15, 0.2) is 0 Å². The van der Waals surface area contributed by atoms with Crippen LogP contribution in [0.4, 0.5) is 0 Å². The van der Waals surface area contributed by atoms with Gasteiger partial charge in [0.1, 0.15) is 16.7 Å². The Balaban J connectivity index is 1.44. The average molecular weight is 457 g/mol. The molecule has 3 heterocycles. The molecule has 7 nitrogen and oxygen atoms in total. The monoisotopic (exact) mass is 456 g/mol. The van der Waals surface area contributed by atoms with Gasteiger partial charge in [0, 0.05) is 17.5 Å². The Kier molecular flexibility index (Phi) is 5.95. The van der Waals surface area contributed by atoms with Crippen LogP contribution in [0.2, 0.25) is 5.02 Å². The summed E-state index contributed by atoms with van der Waals surface area (Å²) in [5, 5.41) is 9.15. The van der Waals surface area contributed by atoms with Gasteiger partial charge in [0.05, 0.1) is 17.1 Å². The number of halogens is 1. The molecule has 5 rings (SSSR count). The lowest BCUT2D eigenvalue weighted by molar-refractivity contribution is -0.123. The standard InChI is InChI=1S/C24H29ClN4O3/c1-15-21-23(27-32-15)22-18(25)9-6-10-19(22)29(24(21)31)17-8-5-7-16(13-17)26-20(30)14-28-11-3-2-4-12-28/h6,9-10,16-17H,2-5,7-8,11-14H2,1H3,(H,26,30). The summed E-state index contributed by atoms with van der Waals surface area (Å²) < 4.78 is 7.22. The predicted octanol–water partition coefficient (Wildman–Crippen LogP) is 4.19. The van der Waals surface area contributed by atoms with Gasteiger partial charge in [-0.3, -0.25) is 14.5 Å². The molecule has 1 aliphatic carbocycles. The zero-order chi connectivity index (χ0) is 22.2. The summed E-state index contributed by atoms with van der Waals surface area (Å²) in [6, 6.07) is 5.64. The number of nitrogens with zero attached hydrogens (tertiary/aromatic N) is 3. The number of aromatic nitrogens is 2. The minimum absolute atomic E-state index is 0.0174. The van der Waals surface area contributed by atoms with Crippen molar-refractivity contribution in [2.24, 2.45) is 0 Å². The highest BCUT2D eigenvalue weighted by molar-refractivity contribution is 6.37. The Morgan fingerprint density at radius 3 is 2.81 bits per heavy atom. The molecule has 2 aromatic heterocycles. The lowest BCUT2D eigenvalue weighted by Gasteiger charge is -2.33. The first-order chi connectivity index (χ1) is 15.5. The van der Waals surface area contributed by atoms with Gasteiger partial charge >= 0.3 is 0 Å². The van der Waals surface area contributed by atoms with E-state index in [0.29, 0.717) is 28.2 Å². The molecule has 8 heteroatoms. The first-order valence-electron chi connectivity index (χ1n) is 11.6. The van der Waals surface area contributed by atoms with E-state index in [1.165, 1.54) is 19.3 Å². The van der Waals surface area contributed by atoms with E-state index < -0.39 is 0 Å². The summed E-state index contributed by atoms with van der Waals surface area (Å²) >= 11 is 6.54. The number of rotatable bonds is 4. The van der Waals surface area contributed by atoms with Crippen LogP contribution in [0.25, 0.3) is 21.8 Å². The zero-order valence-corrected chi connectivity index (χ0v) is 19.2. The van der Waals surface area contributed by atoms with Gasteiger partial charge in [-0.05, 0) is 70.7 Å². The zero-order valence-electron chi connectivity index (χ0n) is 18.4. The number of aryl methyl sites for hydroxylation is 1. The molecular formula is C24H29ClN4O3. The second-order valence-corrected chi connectivity index (χ2v) is 9.60. The Bertz CT molecular complexity index is 1210. The van der Waals surface area contributed by atoms with Gasteiger partial charge in [0.2, 0.25) is 5.91 Å². The predicted molar refractivity (Wildman–Crippen MR) is 125 cm³/mol. The summed E-state index contributed by atoms with van der Waals surface area (Å²) in [6.45, 7) is 4.22. The molecule has 3 aromatic rings. The summed E-state index contributed by atoms with van der Waals surface area (Å²) in [6.07, 6.45) is 7.09. The normalized spacial score (nSPS) is 22.4. The average Bonchev–Trinajstić information content (AvgIpc) is 3.16. The molecule has 1 saturated carbocycles. The molecule has 2 fully saturated rings. The number of fused-ring (bicyclic) bond motifs is 3. The molecule has 1 aromatic carbocycles. The SMILES string of the molecule is Cc1onc2c1c(=O)n(C1CCCC(NC(=O)CN3CCCCC3)C1)c1cccc(Cl)c21. The summed E-state index contributed by atoms with van der Waals surface area (Å²) in [5.74, 6) is 0.589. The molecule has 170 valence electrons. The van der Waals surface area contributed by atoms with E-state index in [2.05, 4.69) is 15.4 Å². The van der Waals surface area contributed by atoms with Crippen molar-refractivity contribution in [3.05, 3.63) is 39.3 Å². The Morgan fingerprint density at radius 2 is 2.00 bits per heavy atom. The number of piperidine rings is 1. The van der Waals surface area contributed by atoms with Crippen LogP contribution in [0.15, 0.2) is 27.5 Å². The molecule has 1 amide bonds. The fourth-order valence-electron chi connectivity index (χ4n) is 5.46. The van der Waals surface area contributed by atoms with Gasteiger partial charge in [-0.2, -0.15) is 0 Å². The fourth-order valence-corrected chi connectivity index (χ4v) is 5.72. The number of nitrogens with one attached hydrogen (secondary N) is 1. The highest BCUT2D eigenvalue weighted by Gasteiger charge is 2.29. The molecule has 32 heavy (non-hydrogen) atoms. The lowest BCUT2D eigenvalue weighted by Crippen LogP contribution is -2.45. The number of pyridine rings is 1. The number of amides is 1. The van der Waals surface area contributed by atoms with Gasteiger partial charge in [-0.15, -0.1) is 0 Å². The second kappa shape index (κ2) is 8.87. The molecule has 0 radical (unpaired) electrons. The van der Waals surface area contributed by atoms with Crippen LogP contribution in [0.5, 0.6) is 0 Å². The van der Waals surface area contributed by atoms with E-state index in [0.717, 1.165) is 49.7 Å². The van der Waals surface area contributed by atoms with Crippen LogP contribution < -0.4 is 10.9 Å². The molecule has 2 atom stereocenters. The number of benzene rings is 1. The van der Waals surface area contributed by atoms with Crippen molar-refractivity contribution in [2.75, 3.05) is 19.6 Å². The summed E-state index contributed by atoms with van der Waals surface area (Å²) in [7, 11) is 0. The van der Waals surface area contributed by atoms with E-state index in [-0.39, 0.29) is 23.6 Å². The number of hydrogen-bond donors (Lipinski definition) is 1. The highest BCUT2D eigenvalue weighted by Crippen LogP contribution is 2.35. The minimum atomic E-state index is -0.0983. The Hall–Kier alpha value is -2.38. The molecular weight excluding hydrogens is 428 g/mol. The van der Waals surface area contributed by atoms with Gasteiger partial charge in [-0.1, -0.05) is 29.2 Å². The maximum atomic E-state index is 13.6. The summed E-state index contributed by atoms with van der Waals surface area (Å²) in [4.78, 5) is 28.5. The van der Waals surface area contributed by atoms with Crippen LogP contribution in [0.1, 0.15) is 56.7 Å². The van der Waals surface area contributed by atoms with Crippen molar-refractivity contribution in [1.29, 1.82) is 0 Å². The number of carbonyl (C=O) groups is 1. The van der Waals surface area contributed by atoms with E-state index in [1.807, 2.05) is 22.8 Å². The first kappa shape index (κ1) is 21.5. The van der Waals surface area contributed by atoms with Crippen LogP contribution >= 0.6 is 11.6 Å².